The normalized spacial score (nSPS) is 33.2. The van der Waals surface area contributed by atoms with Crippen LogP contribution in [0.3, 0.4) is 0 Å². The topological polar surface area (TPSA) is 0 Å². The van der Waals surface area contributed by atoms with E-state index in [2.05, 4.69) is 26.0 Å². The summed E-state index contributed by atoms with van der Waals surface area (Å²) in [6, 6.07) is 13.2. The minimum Gasteiger partial charge on any atom is -0.194 e. The first-order chi connectivity index (χ1) is 26.0. The lowest BCUT2D eigenvalue weighted by molar-refractivity contribution is -0.259. The predicted molar refractivity (Wildman–Crippen MR) is 231 cm³/mol. The van der Waals surface area contributed by atoms with Gasteiger partial charge in [0.05, 0.1) is 9.49 Å². The van der Waals surface area contributed by atoms with Crippen LogP contribution in [0, 0.1) is 0 Å². The molecule has 0 fully saturated rings. The third-order valence-electron chi connectivity index (χ3n) is 10.0. The number of halogens is 6. The number of hydrogen-bond donors (Lipinski definition) is 0. The Morgan fingerprint density at radius 2 is 1.22 bits per heavy atom. The van der Waals surface area contributed by atoms with Gasteiger partial charge in [0.15, 0.2) is 0 Å². The van der Waals surface area contributed by atoms with Crippen molar-refractivity contribution in [1.82, 2.24) is 0 Å². The maximum atomic E-state index is 16.5. The standard InChI is InChI=1S/C41H30F6S8/c1-21-9-10-28(50-21)36-24(20-30(53-36)27-14-16-38(4,55-27)32-8-6-18-49-32)34-33(39(42,43)41(46,47)40(34,44)45)23-19-22(2)51-35(23)29-12-11-25(52-29)26-13-15-37(3,54-26)31-7-5-17-48-31/h5-22H,1-4H3. The molecule has 4 aromatic rings. The third-order valence-corrected chi connectivity index (χ3v) is 20.4. The minimum atomic E-state index is -5.66. The fourth-order valence-electron chi connectivity index (χ4n) is 7.23. The lowest BCUT2D eigenvalue weighted by Gasteiger charge is -2.26. The van der Waals surface area contributed by atoms with Crippen molar-refractivity contribution in [3.63, 3.8) is 0 Å². The molecule has 4 aliphatic heterocycles. The van der Waals surface area contributed by atoms with Crippen LogP contribution in [0.1, 0.15) is 43.0 Å². The van der Waals surface area contributed by atoms with Crippen molar-refractivity contribution in [2.24, 2.45) is 0 Å². The van der Waals surface area contributed by atoms with E-state index in [1.807, 2.05) is 66.3 Å². The molecule has 0 N–H and O–H groups in total. The van der Waals surface area contributed by atoms with E-state index >= 15 is 26.3 Å². The highest BCUT2D eigenvalue weighted by atomic mass is 32.2. The van der Waals surface area contributed by atoms with E-state index in [0.29, 0.717) is 23.4 Å². The summed E-state index contributed by atoms with van der Waals surface area (Å²) in [5.41, 5.74) is -3.09. The summed E-state index contributed by atoms with van der Waals surface area (Å²) in [6.45, 7) is 7.90. The van der Waals surface area contributed by atoms with Gasteiger partial charge in [-0.05, 0) is 86.5 Å². The Hall–Kier alpha value is -2.04. The lowest BCUT2D eigenvalue weighted by Crippen LogP contribution is -2.49. The number of rotatable bonds is 4. The fourth-order valence-corrected chi connectivity index (χ4v) is 16.3. The molecule has 0 amide bonds. The molecule has 4 unspecified atom stereocenters. The Labute approximate surface area is 347 Å². The highest BCUT2D eigenvalue weighted by Crippen LogP contribution is 2.65. The van der Waals surface area contributed by atoms with E-state index in [1.165, 1.54) is 75.0 Å². The quantitative estimate of drug-likeness (QED) is 0.187. The van der Waals surface area contributed by atoms with Gasteiger partial charge in [-0.1, -0.05) is 42.5 Å². The molecule has 0 spiro atoms. The molecule has 0 radical (unpaired) electrons. The van der Waals surface area contributed by atoms with Gasteiger partial charge in [0.1, 0.15) is 0 Å². The summed E-state index contributed by atoms with van der Waals surface area (Å²) >= 11 is 11.7. The Morgan fingerprint density at radius 1 is 0.618 bits per heavy atom. The number of hydrogen-bond acceptors (Lipinski definition) is 8. The fraction of sp³-hybridized carbons (Fsp3) is 0.268. The maximum Gasteiger partial charge on any atom is 0.380 e. The van der Waals surface area contributed by atoms with E-state index in [-0.39, 0.29) is 21.1 Å². The van der Waals surface area contributed by atoms with Crippen molar-refractivity contribution in [1.29, 1.82) is 0 Å². The molecule has 4 aromatic heterocycles. The average Bonchev–Trinajstić information content (AvgIpc) is 3.97. The van der Waals surface area contributed by atoms with Crippen LogP contribution in [-0.2, 0) is 9.49 Å². The van der Waals surface area contributed by atoms with Crippen LogP contribution in [0.25, 0.3) is 25.2 Å². The second-order valence-corrected chi connectivity index (χ2v) is 23.9. The molecule has 55 heavy (non-hydrogen) atoms. The van der Waals surface area contributed by atoms with Gasteiger partial charge in [0.2, 0.25) is 0 Å². The largest absolute Gasteiger partial charge is 0.380 e. The van der Waals surface area contributed by atoms with Crippen molar-refractivity contribution in [2.45, 2.75) is 65.5 Å². The molecule has 1 aliphatic carbocycles. The van der Waals surface area contributed by atoms with Crippen LogP contribution >= 0.6 is 92.4 Å². The molecular weight excluding hydrogens is 863 g/mol. The Kier molecular flexibility index (Phi) is 9.45. The van der Waals surface area contributed by atoms with Crippen LogP contribution in [0.4, 0.5) is 26.3 Å². The van der Waals surface area contributed by atoms with Gasteiger partial charge in [0.25, 0.3) is 0 Å². The molecule has 0 saturated carbocycles. The van der Waals surface area contributed by atoms with E-state index in [0.717, 1.165) is 19.2 Å². The highest BCUT2D eigenvalue weighted by Gasteiger charge is 2.80. The summed E-state index contributed by atoms with van der Waals surface area (Å²) in [5, 5.41) is 3.60. The number of allylic oxidation sites excluding steroid dienone is 2. The lowest BCUT2D eigenvalue weighted by atomic mass is 9.94. The van der Waals surface area contributed by atoms with Crippen LogP contribution in [0.15, 0.2) is 107 Å². The van der Waals surface area contributed by atoms with E-state index in [4.69, 9.17) is 0 Å². The van der Waals surface area contributed by atoms with Crippen molar-refractivity contribution >= 4 is 118 Å². The molecule has 0 saturated heterocycles. The van der Waals surface area contributed by atoms with Gasteiger partial charge in [-0.15, -0.1) is 92.4 Å². The molecule has 5 aliphatic rings. The van der Waals surface area contributed by atoms with Gasteiger partial charge in [-0.25, -0.2) is 0 Å². The van der Waals surface area contributed by atoms with Crippen LogP contribution in [0.2, 0.25) is 0 Å². The molecule has 0 bridgehead atoms. The van der Waals surface area contributed by atoms with Gasteiger partial charge in [0, 0.05) is 74.7 Å². The van der Waals surface area contributed by atoms with Crippen molar-refractivity contribution in [2.75, 3.05) is 0 Å². The first-order valence-electron chi connectivity index (χ1n) is 17.2. The minimum absolute atomic E-state index is 0.000942. The van der Waals surface area contributed by atoms with E-state index in [9.17, 15) is 0 Å². The monoisotopic (exact) mass is 892 g/mol. The van der Waals surface area contributed by atoms with Gasteiger partial charge >= 0.3 is 17.8 Å². The Balaban J connectivity index is 1.26. The molecule has 8 heterocycles. The summed E-state index contributed by atoms with van der Waals surface area (Å²) in [5.74, 6) is -16.0. The second-order valence-electron chi connectivity index (χ2n) is 14.0. The van der Waals surface area contributed by atoms with Crippen LogP contribution in [0.5, 0.6) is 0 Å². The zero-order chi connectivity index (χ0) is 38.7. The molecular formula is C41H30F6S8. The highest BCUT2D eigenvalue weighted by molar-refractivity contribution is 8.10. The van der Waals surface area contributed by atoms with Gasteiger partial charge in [-0.3, -0.25) is 0 Å². The van der Waals surface area contributed by atoms with E-state index in [1.54, 1.807) is 53.5 Å². The molecule has 14 heteroatoms. The third kappa shape index (κ3) is 6.09. The summed E-state index contributed by atoms with van der Waals surface area (Å²) in [4.78, 5) is 4.96. The van der Waals surface area contributed by atoms with Crippen LogP contribution < -0.4 is 18.1 Å². The Bertz CT molecular complexity index is 2650. The summed E-state index contributed by atoms with van der Waals surface area (Å²) in [7, 11) is 0. The number of thioether (sulfide) groups is 4. The zero-order valence-corrected chi connectivity index (χ0v) is 36.0. The molecule has 0 aromatic carbocycles. The first-order valence-corrected chi connectivity index (χ1v) is 24.0. The van der Waals surface area contributed by atoms with Crippen LogP contribution in [-0.4, -0.2) is 28.3 Å². The smallest absolute Gasteiger partial charge is 0.194 e. The Morgan fingerprint density at radius 3 is 1.80 bits per heavy atom. The first kappa shape index (κ1) is 38.5. The molecule has 0 nitrogen and oxygen atoms in total. The van der Waals surface area contributed by atoms with Crippen molar-refractivity contribution in [3.05, 3.63) is 140 Å². The predicted octanol–water partition coefficient (Wildman–Crippen LogP) is 11.9. The second kappa shape index (κ2) is 13.5. The summed E-state index contributed by atoms with van der Waals surface area (Å²) in [6.07, 6.45) is 13.3. The molecule has 284 valence electrons. The maximum absolute atomic E-state index is 16.5. The summed E-state index contributed by atoms with van der Waals surface area (Å²) < 4.78 is 99.4. The molecule has 9 rings (SSSR count). The number of thiophene rings is 4. The zero-order valence-electron chi connectivity index (χ0n) is 29.4. The average molecular weight is 893 g/mol. The SMILES string of the molecule is CC1C=C(C2=C(c3cc(=C4C=CC(C)(c5cccs5)S4)sc3=C3C=CC(C)S3)C(F)(F)C(F)(F)C2(F)F)C(=c2ccc(=C3C=CC(C)(c4cccs4)S3)s2)S1. The van der Waals surface area contributed by atoms with Crippen molar-refractivity contribution < 1.29 is 26.3 Å². The van der Waals surface area contributed by atoms with E-state index < -0.39 is 38.9 Å². The molecule has 4 atom stereocenters. The van der Waals surface area contributed by atoms with Gasteiger partial charge in [-0.2, -0.15) is 26.3 Å². The number of alkyl halides is 6. The van der Waals surface area contributed by atoms with Gasteiger partial charge < -0.3 is 0 Å². The van der Waals surface area contributed by atoms with Crippen molar-refractivity contribution in [3.8, 4) is 0 Å².